The number of amidine groups is 1. The van der Waals surface area contributed by atoms with E-state index in [1.807, 2.05) is 64.1 Å². The van der Waals surface area contributed by atoms with E-state index >= 15 is 0 Å². The number of thiazole rings is 1. The largest absolute Gasteiger partial charge is 0.494 e. The molecule has 2 aromatic carbocycles. The van der Waals surface area contributed by atoms with Gasteiger partial charge in [-0.2, -0.15) is 22.9 Å². The molecule has 1 atom stereocenters. The van der Waals surface area contributed by atoms with Crippen LogP contribution < -0.4 is 10.1 Å². The number of aryl methyl sites for hydroxylation is 2. The van der Waals surface area contributed by atoms with Gasteiger partial charge in [0.25, 0.3) is 5.82 Å². The number of carbonyl (C=O) groups is 2. The third-order valence-electron chi connectivity index (χ3n) is 10.4. The Balaban J connectivity index is 0.871. The summed E-state index contributed by atoms with van der Waals surface area (Å²) < 4.78 is 52.5. The molecule has 0 saturated carbocycles. The van der Waals surface area contributed by atoms with E-state index in [-0.39, 0.29) is 18.2 Å². The molecule has 0 radical (unpaired) electrons. The third kappa shape index (κ3) is 10.7. The summed E-state index contributed by atoms with van der Waals surface area (Å²) in [7, 11) is 0. The number of nitrogens with zero attached hydrogens (tertiary/aromatic N) is 7. The first-order valence-electron chi connectivity index (χ1n) is 19.6. The zero-order valence-corrected chi connectivity index (χ0v) is 34.1. The quantitative estimate of drug-likeness (QED) is 0.114. The smallest absolute Gasteiger partial charge is 0.453 e. The average molecular weight is 825 g/mol. The van der Waals surface area contributed by atoms with Crippen molar-refractivity contribution in [3.8, 4) is 16.2 Å². The maximum Gasteiger partial charge on any atom is 0.453 e. The molecule has 2 N–H and O–H groups in total. The minimum absolute atomic E-state index is 0.0275. The van der Waals surface area contributed by atoms with Crippen LogP contribution in [0.4, 0.5) is 18.0 Å². The molecule has 6 rings (SSSR count). The van der Waals surface area contributed by atoms with Crippen LogP contribution in [0.3, 0.4) is 0 Å². The summed E-state index contributed by atoms with van der Waals surface area (Å²) in [6.45, 7) is 10.5. The van der Waals surface area contributed by atoms with Gasteiger partial charge in [0.2, 0.25) is 5.91 Å². The van der Waals surface area contributed by atoms with Crippen LogP contribution in [0.1, 0.15) is 99.7 Å². The summed E-state index contributed by atoms with van der Waals surface area (Å²) >= 11 is 1.55. The Hall–Kier alpha value is -5.03. The molecule has 0 unspecified atom stereocenters. The number of unbranched alkanes of at least 4 members (excludes halogenated alkanes) is 1. The number of hydrogen-bond donors (Lipinski definition) is 2. The van der Waals surface area contributed by atoms with Gasteiger partial charge in [0.15, 0.2) is 5.82 Å². The van der Waals surface area contributed by atoms with Crippen LogP contribution in [0, 0.1) is 6.92 Å². The number of carbonyl (C=O) groups excluding carboxylic acids is 1. The Kier molecular flexibility index (Phi) is 13.7. The molecular weight excluding hydrogens is 774 g/mol. The average Bonchev–Trinajstić information content (AvgIpc) is 3.83. The first-order chi connectivity index (χ1) is 27.7. The number of benzene rings is 2. The molecule has 2 amide bonds. The van der Waals surface area contributed by atoms with Crippen LogP contribution in [0.25, 0.3) is 10.4 Å². The number of halogens is 3. The molecule has 312 valence electrons. The Morgan fingerprint density at radius 2 is 1.69 bits per heavy atom. The number of rotatable bonds is 15. The molecule has 0 bridgehead atoms. The number of ether oxygens (including phenoxy) is 2. The van der Waals surface area contributed by atoms with Crippen molar-refractivity contribution in [1.82, 2.24) is 35.0 Å². The number of carboxylic acid groups (broad SMARTS) is 1. The third-order valence-corrected chi connectivity index (χ3v) is 11.4. The van der Waals surface area contributed by atoms with Gasteiger partial charge in [0.05, 0.1) is 41.8 Å². The van der Waals surface area contributed by atoms with Gasteiger partial charge < -0.3 is 24.8 Å². The summed E-state index contributed by atoms with van der Waals surface area (Å²) in [5, 5.41) is 24.3. The summed E-state index contributed by atoms with van der Waals surface area (Å²) in [6, 6.07) is 15.1. The SMILES string of the molecule is Cc1ncsc1-c1ccc([C@H](CC(=O)NCCOCCCCOc2ccc(C3CCN(C4=Nn5c(nnc5C(F)(F)F)CC4)CC3)cc2)N(C(=O)O)C(C)(C)C)cc1. The lowest BCUT2D eigenvalue weighted by Gasteiger charge is -2.39. The number of fused-ring (bicyclic) bond motifs is 1. The van der Waals surface area contributed by atoms with Crippen molar-refractivity contribution in [2.24, 2.45) is 5.10 Å². The van der Waals surface area contributed by atoms with Gasteiger partial charge in [0.1, 0.15) is 11.6 Å². The summed E-state index contributed by atoms with van der Waals surface area (Å²) in [4.78, 5) is 34.3. The number of alkyl halides is 3. The second-order valence-electron chi connectivity index (χ2n) is 15.5. The molecule has 0 spiro atoms. The lowest BCUT2D eigenvalue weighted by atomic mass is 9.89. The maximum atomic E-state index is 13.3. The number of piperidine rings is 1. The highest BCUT2D eigenvalue weighted by Crippen LogP contribution is 2.35. The molecule has 13 nitrogen and oxygen atoms in total. The van der Waals surface area contributed by atoms with E-state index in [2.05, 4.69) is 42.6 Å². The number of nitrogens with one attached hydrogen (secondary N) is 1. The van der Waals surface area contributed by atoms with Crippen molar-refractivity contribution in [3.63, 3.8) is 0 Å². The highest BCUT2D eigenvalue weighted by atomic mass is 32.1. The first-order valence-corrected chi connectivity index (χ1v) is 20.5. The van der Waals surface area contributed by atoms with E-state index in [0.29, 0.717) is 64.1 Å². The van der Waals surface area contributed by atoms with Crippen molar-refractivity contribution in [3.05, 3.63) is 82.5 Å². The minimum Gasteiger partial charge on any atom is -0.494 e. The second kappa shape index (κ2) is 18.7. The molecule has 4 heterocycles. The van der Waals surface area contributed by atoms with Gasteiger partial charge in [-0.1, -0.05) is 36.4 Å². The van der Waals surface area contributed by atoms with Crippen molar-refractivity contribution in [2.75, 3.05) is 39.5 Å². The molecule has 0 aliphatic carbocycles. The molecule has 1 saturated heterocycles. The predicted octanol–water partition coefficient (Wildman–Crippen LogP) is 7.92. The lowest BCUT2D eigenvalue weighted by molar-refractivity contribution is -0.147. The fourth-order valence-electron chi connectivity index (χ4n) is 7.46. The topological polar surface area (TPSA) is 147 Å². The van der Waals surface area contributed by atoms with Gasteiger partial charge in [-0.3, -0.25) is 9.69 Å². The fraction of sp³-hybridized carbons (Fsp3) is 0.512. The molecule has 1 fully saturated rings. The standard InChI is InChI=1S/C41H51F3N8O5S/c1-27-37(58-26-46-27)31-9-7-30(8-10-31)33(51(39(54)55)40(2,3)4)25-36(53)45-19-24-56-22-5-6-23-57-32-13-11-28(12-14-32)29-17-20-50(21-18-29)35-16-15-34-47-48-38(41(42,43)44)52(34)49-35/h7-14,26,29,33H,5-6,15-25H2,1-4H3,(H,45,53)(H,54,55)/t33-/m0/s1. The van der Waals surface area contributed by atoms with Gasteiger partial charge in [-0.05, 0) is 88.1 Å². The number of aromatic nitrogens is 4. The van der Waals surface area contributed by atoms with E-state index in [0.717, 1.165) is 57.8 Å². The van der Waals surface area contributed by atoms with E-state index in [1.54, 1.807) is 16.8 Å². The van der Waals surface area contributed by atoms with Gasteiger partial charge in [0, 0.05) is 44.6 Å². The number of amides is 2. The van der Waals surface area contributed by atoms with Gasteiger partial charge >= 0.3 is 12.3 Å². The zero-order valence-electron chi connectivity index (χ0n) is 33.3. The van der Waals surface area contributed by atoms with Gasteiger partial charge in [-0.15, -0.1) is 21.5 Å². The van der Waals surface area contributed by atoms with Gasteiger partial charge in [-0.25, -0.2) is 9.78 Å². The van der Waals surface area contributed by atoms with Crippen molar-refractivity contribution < 1.29 is 37.3 Å². The van der Waals surface area contributed by atoms with Crippen molar-refractivity contribution >= 4 is 29.2 Å². The van der Waals surface area contributed by atoms with E-state index in [1.165, 1.54) is 10.5 Å². The van der Waals surface area contributed by atoms with Crippen LogP contribution in [-0.4, -0.2) is 97.6 Å². The Labute approximate surface area is 340 Å². The van der Waals surface area contributed by atoms with Crippen LogP contribution in [0.5, 0.6) is 5.75 Å². The van der Waals surface area contributed by atoms with E-state index in [9.17, 15) is 27.9 Å². The van der Waals surface area contributed by atoms with E-state index < -0.39 is 29.7 Å². The summed E-state index contributed by atoms with van der Waals surface area (Å²) in [5.41, 5.74) is 4.93. The summed E-state index contributed by atoms with van der Waals surface area (Å²) in [6.07, 6.45) is -1.50. The minimum atomic E-state index is -4.61. The van der Waals surface area contributed by atoms with Crippen LogP contribution >= 0.6 is 11.3 Å². The molecular formula is C41H51F3N8O5S. The Morgan fingerprint density at radius 3 is 2.33 bits per heavy atom. The van der Waals surface area contributed by atoms with Crippen molar-refractivity contribution in [1.29, 1.82) is 0 Å². The summed E-state index contributed by atoms with van der Waals surface area (Å²) in [5.74, 6) is 0.656. The van der Waals surface area contributed by atoms with Crippen molar-refractivity contribution in [2.45, 2.75) is 96.3 Å². The number of likely N-dealkylation sites (tertiary alicyclic amines) is 1. The molecule has 2 aliphatic rings. The molecule has 4 aromatic rings. The van der Waals surface area contributed by atoms with Crippen LogP contribution in [0.15, 0.2) is 59.1 Å². The van der Waals surface area contributed by atoms with Crippen LogP contribution in [0.2, 0.25) is 0 Å². The Bertz CT molecular complexity index is 2020. The molecule has 2 aliphatic heterocycles. The molecule has 2 aromatic heterocycles. The zero-order chi connectivity index (χ0) is 41.5. The second-order valence-corrected chi connectivity index (χ2v) is 16.4. The predicted molar refractivity (Wildman–Crippen MR) is 214 cm³/mol. The fourth-order valence-corrected chi connectivity index (χ4v) is 8.27. The molecule has 58 heavy (non-hydrogen) atoms. The van der Waals surface area contributed by atoms with Crippen LogP contribution in [-0.2, 0) is 22.1 Å². The Morgan fingerprint density at radius 1 is 0.983 bits per heavy atom. The normalized spacial score (nSPS) is 15.4. The van der Waals surface area contributed by atoms with E-state index in [4.69, 9.17) is 9.47 Å². The first kappa shape index (κ1) is 42.6. The highest BCUT2D eigenvalue weighted by Gasteiger charge is 2.40. The highest BCUT2D eigenvalue weighted by molar-refractivity contribution is 7.13. The lowest BCUT2D eigenvalue weighted by Crippen LogP contribution is -2.48. The maximum absolute atomic E-state index is 13.3. The monoisotopic (exact) mass is 824 g/mol. The number of hydrogen-bond acceptors (Lipinski definition) is 10. The molecule has 17 heteroatoms.